The van der Waals surface area contributed by atoms with Gasteiger partial charge >= 0.3 is 0 Å². The molecule has 0 aliphatic heterocycles. The van der Waals surface area contributed by atoms with Crippen molar-refractivity contribution in [2.24, 2.45) is 11.3 Å². The van der Waals surface area contributed by atoms with Crippen molar-refractivity contribution in [2.45, 2.75) is 18.3 Å². The van der Waals surface area contributed by atoms with Gasteiger partial charge in [-0.2, -0.15) is 0 Å². The number of rotatable bonds is 3. The molecule has 1 fully saturated rings. The zero-order valence-corrected chi connectivity index (χ0v) is 11.7. The van der Waals surface area contributed by atoms with Crippen LogP contribution >= 0.6 is 0 Å². The van der Waals surface area contributed by atoms with Crippen molar-refractivity contribution in [3.05, 3.63) is 71.3 Å². The summed E-state index contributed by atoms with van der Waals surface area (Å²) in [6.07, 6.45) is 1.52. The molecule has 2 aromatic carbocycles. The minimum Gasteiger partial charge on any atom is -0.303 e. The largest absolute Gasteiger partial charge is 0.303 e. The summed E-state index contributed by atoms with van der Waals surface area (Å²) in [6, 6.07) is 18.6. The van der Waals surface area contributed by atoms with E-state index in [1.165, 1.54) is 16.7 Å². The Morgan fingerprint density at radius 1 is 1.05 bits per heavy atom. The maximum absolute atomic E-state index is 13.6. The second kappa shape index (κ2) is 4.52. The first kappa shape index (κ1) is 12.8. The van der Waals surface area contributed by atoms with E-state index in [9.17, 15) is 9.18 Å². The summed E-state index contributed by atoms with van der Waals surface area (Å²) >= 11 is 0. The number of benzene rings is 2. The smallest absolute Gasteiger partial charge is 0.129 e. The lowest BCUT2D eigenvalue weighted by molar-refractivity contribution is -0.130. The van der Waals surface area contributed by atoms with E-state index in [1.807, 2.05) is 30.3 Å². The van der Waals surface area contributed by atoms with Gasteiger partial charge in [0.15, 0.2) is 0 Å². The molecule has 4 atom stereocenters. The molecule has 0 N–H and O–H groups in total. The first-order chi connectivity index (χ1) is 10.3. The normalized spacial score (nSPS) is 32.9. The predicted molar refractivity (Wildman–Crippen MR) is 80.0 cm³/mol. The molecule has 0 heterocycles. The van der Waals surface area contributed by atoms with E-state index in [-0.39, 0.29) is 11.8 Å². The van der Waals surface area contributed by atoms with Gasteiger partial charge in [0.2, 0.25) is 0 Å². The lowest BCUT2D eigenvalue weighted by Crippen LogP contribution is -2.49. The van der Waals surface area contributed by atoms with Crippen LogP contribution in [0.5, 0.6) is 0 Å². The van der Waals surface area contributed by atoms with Crippen LogP contribution in [0.2, 0.25) is 0 Å². The molecular formula is C19H17FO. The average Bonchev–Trinajstić information content (AvgIpc) is 2.80. The minimum absolute atomic E-state index is 0.0693. The maximum Gasteiger partial charge on any atom is 0.129 e. The van der Waals surface area contributed by atoms with Gasteiger partial charge in [0.05, 0.1) is 5.41 Å². The summed E-state index contributed by atoms with van der Waals surface area (Å²) in [6.45, 7) is -0.547. The lowest BCUT2D eigenvalue weighted by atomic mass is 9.52. The van der Waals surface area contributed by atoms with Crippen molar-refractivity contribution in [3.63, 3.8) is 0 Å². The van der Waals surface area contributed by atoms with Crippen LogP contribution in [0.3, 0.4) is 0 Å². The van der Waals surface area contributed by atoms with Crippen molar-refractivity contribution in [3.8, 4) is 0 Å². The zero-order valence-electron chi connectivity index (χ0n) is 11.7. The standard InChI is InChI=1S/C19H17FO/c20-11-19(12-21)10-16-14-8-4-5-9-15(14)17(18(16)19)13-6-2-1-3-7-13/h1-9,12,16-18H,10-11H2. The molecule has 4 rings (SSSR count). The van der Waals surface area contributed by atoms with Gasteiger partial charge in [-0.15, -0.1) is 0 Å². The number of fused-ring (bicyclic) bond motifs is 3. The van der Waals surface area contributed by atoms with Crippen LogP contribution in [0, 0.1) is 11.3 Å². The fourth-order valence-electron chi connectivity index (χ4n) is 4.45. The van der Waals surface area contributed by atoms with Crippen LogP contribution in [0.4, 0.5) is 4.39 Å². The summed E-state index contributed by atoms with van der Waals surface area (Å²) in [4.78, 5) is 11.6. The molecule has 0 amide bonds. The minimum atomic E-state index is -0.788. The molecule has 106 valence electrons. The highest BCUT2D eigenvalue weighted by Gasteiger charge is 2.61. The molecule has 1 nitrogen and oxygen atoms in total. The third kappa shape index (κ3) is 1.59. The van der Waals surface area contributed by atoms with Crippen LogP contribution in [0.25, 0.3) is 0 Å². The Bertz CT molecular complexity index is 681. The summed E-state index contributed by atoms with van der Waals surface area (Å²) in [5.41, 5.74) is 2.99. The number of aldehydes is 1. The van der Waals surface area contributed by atoms with Crippen molar-refractivity contribution in [2.75, 3.05) is 6.67 Å². The fourth-order valence-corrected chi connectivity index (χ4v) is 4.45. The molecular weight excluding hydrogens is 263 g/mol. The average molecular weight is 280 g/mol. The highest BCUT2D eigenvalue weighted by molar-refractivity contribution is 5.67. The molecule has 0 bridgehead atoms. The highest BCUT2D eigenvalue weighted by atomic mass is 19.1. The quantitative estimate of drug-likeness (QED) is 0.774. The molecule has 0 saturated heterocycles. The van der Waals surface area contributed by atoms with E-state index in [0.29, 0.717) is 12.3 Å². The molecule has 21 heavy (non-hydrogen) atoms. The SMILES string of the molecule is O=CC1(CF)CC2c3ccccc3C(c3ccccc3)C21. The summed E-state index contributed by atoms with van der Waals surface area (Å²) in [5.74, 6) is 0.536. The molecule has 2 heteroatoms. The summed E-state index contributed by atoms with van der Waals surface area (Å²) < 4.78 is 13.6. The number of carbonyl (C=O) groups is 1. The summed E-state index contributed by atoms with van der Waals surface area (Å²) in [7, 11) is 0. The molecule has 2 aliphatic carbocycles. The second-order valence-corrected chi connectivity index (χ2v) is 6.34. The van der Waals surface area contributed by atoms with Crippen molar-refractivity contribution in [1.82, 2.24) is 0 Å². The maximum atomic E-state index is 13.6. The van der Waals surface area contributed by atoms with Crippen LogP contribution < -0.4 is 0 Å². The number of carbonyl (C=O) groups excluding carboxylic acids is 1. The predicted octanol–water partition coefficient (Wildman–Crippen LogP) is 4.09. The second-order valence-electron chi connectivity index (χ2n) is 6.34. The van der Waals surface area contributed by atoms with Gasteiger partial charge in [0, 0.05) is 5.92 Å². The molecule has 4 unspecified atom stereocenters. The molecule has 1 saturated carbocycles. The Hall–Kier alpha value is -1.96. The van der Waals surface area contributed by atoms with E-state index < -0.39 is 12.1 Å². The number of hydrogen-bond acceptors (Lipinski definition) is 1. The van der Waals surface area contributed by atoms with Crippen LogP contribution in [0.15, 0.2) is 54.6 Å². The molecule has 0 spiro atoms. The molecule has 2 aliphatic rings. The first-order valence-corrected chi connectivity index (χ1v) is 7.47. The van der Waals surface area contributed by atoms with E-state index in [2.05, 4.69) is 24.3 Å². The van der Waals surface area contributed by atoms with Gasteiger partial charge in [-0.3, -0.25) is 4.39 Å². The van der Waals surface area contributed by atoms with Crippen LogP contribution in [-0.4, -0.2) is 13.0 Å². The topological polar surface area (TPSA) is 17.1 Å². The van der Waals surface area contributed by atoms with Gasteiger partial charge in [0.25, 0.3) is 0 Å². The van der Waals surface area contributed by atoms with Gasteiger partial charge in [-0.25, -0.2) is 0 Å². The third-order valence-electron chi connectivity index (χ3n) is 5.43. The molecule has 0 aromatic heterocycles. The van der Waals surface area contributed by atoms with E-state index in [4.69, 9.17) is 0 Å². The zero-order chi connectivity index (χ0) is 14.4. The Morgan fingerprint density at radius 2 is 1.71 bits per heavy atom. The fraction of sp³-hybridized carbons (Fsp3) is 0.316. The van der Waals surface area contributed by atoms with E-state index in [1.54, 1.807) is 0 Å². The van der Waals surface area contributed by atoms with Gasteiger partial charge in [-0.05, 0) is 34.9 Å². The van der Waals surface area contributed by atoms with Gasteiger partial charge in [0.1, 0.15) is 13.0 Å². The monoisotopic (exact) mass is 280 g/mol. The Balaban J connectivity index is 1.87. The third-order valence-corrected chi connectivity index (χ3v) is 5.43. The molecule has 0 radical (unpaired) electrons. The van der Waals surface area contributed by atoms with Crippen LogP contribution in [0.1, 0.15) is 34.9 Å². The summed E-state index contributed by atoms with van der Waals surface area (Å²) in [5, 5.41) is 0. The van der Waals surface area contributed by atoms with Gasteiger partial charge in [-0.1, -0.05) is 54.6 Å². The van der Waals surface area contributed by atoms with Crippen molar-refractivity contribution >= 4 is 6.29 Å². The van der Waals surface area contributed by atoms with Crippen molar-refractivity contribution in [1.29, 1.82) is 0 Å². The number of hydrogen-bond donors (Lipinski definition) is 0. The lowest BCUT2D eigenvalue weighted by Gasteiger charge is -2.50. The Kier molecular flexibility index (Phi) is 2.75. The molecule has 2 aromatic rings. The Morgan fingerprint density at radius 3 is 2.38 bits per heavy atom. The number of alkyl halides is 1. The first-order valence-electron chi connectivity index (χ1n) is 7.47. The van der Waals surface area contributed by atoms with Crippen LogP contribution in [-0.2, 0) is 4.79 Å². The van der Waals surface area contributed by atoms with E-state index >= 15 is 0 Å². The van der Waals surface area contributed by atoms with E-state index in [0.717, 1.165) is 6.29 Å². The highest BCUT2D eigenvalue weighted by Crippen LogP contribution is 2.67. The van der Waals surface area contributed by atoms with Gasteiger partial charge < -0.3 is 4.79 Å². The number of halogens is 1. The Labute approximate surface area is 123 Å². The van der Waals surface area contributed by atoms with Crippen molar-refractivity contribution < 1.29 is 9.18 Å².